The summed E-state index contributed by atoms with van der Waals surface area (Å²) < 4.78 is 42.1. The summed E-state index contributed by atoms with van der Waals surface area (Å²) in [6.45, 7) is 13.5. The van der Waals surface area contributed by atoms with Crippen LogP contribution in [-0.2, 0) is 23.8 Å². The number of carbonyl (C=O) groups excluding carboxylic acids is 3. The van der Waals surface area contributed by atoms with Crippen molar-refractivity contribution >= 4 is 45.2 Å². The number of hydrogen-bond donors (Lipinski definition) is 4. The van der Waals surface area contributed by atoms with Crippen molar-refractivity contribution < 1.29 is 62.5 Å². The normalized spacial score (nSPS) is 28.4. The van der Waals surface area contributed by atoms with Gasteiger partial charge in [0.2, 0.25) is 5.43 Å². The smallest absolute Gasteiger partial charge is 0.312 e. The monoisotopic (exact) mass is 901 g/mol. The van der Waals surface area contributed by atoms with E-state index in [1.54, 1.807) is 52.0 Å². The first-order valence-corrected chi connectivity index (χ1v) is 21.4. The second-order valence-corrected chi connectivity index (χ2v) is 17.4. The number of phenolic OH excluding ortho intramolecular Hbond substituents is 1. The van der Waals surface area contributed by atoms with E-state index >= 15 is 0 Å². The summed E-state index contributed by atoms with van der Waals surface area (Å²) in [4.78, 5) is 62.8. The van der Waals surface area contributed by atoms with Gasteiger partial charge in [0.15, 0.2) is 17.1 Å². The van der Waals surface area contributed by atoms with Crippen LogP contribution in [0, 0.1) is 30.6 Å². The molecule has 2 aromatic rings. The largest absolute Gasteiger partial charge is 0.507 e. The molecular formula is C48H59N3O14. The molecule has 4 bridgehead atoms. The second kappa shape index (κ2) is 19.2. The van der Waals surface area contributed by atoms with Gasteiger partial charge in [0.1, 0.15) is 46.9 Å². The molecule has 4 N–H and O–H groups in total. The number of anilines is 1. The minimum absolute atomic E-state index is 0.0399. The summed E-state index contributed by atoms with van der Waals surface area (Å²) in [5, 5.41) is 37.1. The van der Waals surface area contributed by atoms with Crippen LogP contribution in [-0.4, -0.2) is 115 Å². The molecule has 350 valence electrons. The molecule has 0 aromatic heterocycles. The maximum atomic E-state index is 14.8. The van der Waals surface area contributed by atoms with Gasteiger partial charge in [0, 0.05) is 79.8 Å². The van der Waals surface area contributed by atoms with Gasteiger partial charge in [-0.3, -0.25) is 19.2 Å². The summed E-state index contributed by atoms with van der Waals surface area (Å²) in [5.41, 5.74) is -0.994. The summed E-state index contributed by atoms with van der Waals surface area (Å²) >= 11 is 0. The number of rotatable bonds is 7. The van der Waals surface area contributed by atoms with Crippen LogP contribution in [0.25, 0.3) is 33.3 Å². The standard InChI is InChI=1S/C48H59N3O14/c1-22-14-13-15-23(2)47(58)50-38-42(56)34-33(37-45(38)64-32-21-29(61-19-17-51(9)10)20-31(60-12)36(32)49-37)35-44(27(6)41(34)55)65-48(8,46(35)57)62-18-16-30(59-11)24(3)43(63-28(7)52)26(5)40(54)25(4)39(22)53/h13-16,18,20-22,24-26,30,39-40,43,53-55H,17,19H2,1-12H3,(H,50,58)/b14-13+,18-16+,23-15-/t22-,24+,25+,26+,30-,39-,40+,43+,48-/m0/s1. The Bertz CT molecular complexity index is 2620. The molecule has 0 radical (unpaired) electrons. The highest BCUT2D eigenvalue weighted by Crippen LogP contribution is 2.51. The number of aromatic nitrogens is 1. The Morgan fingerprint density at radius 1 is 0.985 bits per heavy atom. The molecular weight excluding hydrogens is 843 g/mol. The van der Waals surface area contributed by atoms with Gasteiger partial charge in [-0.05, 0) is 34.0 Å². The molecule has 9 atom stereocenters. The number of Topliss-reactive ketones (excluding diaryl/α,β-unsaturated/α-hetero) is 1. The number of fused-ring (bicyclic) bond motifs is 2. The molecule has 1 amide bonds. The van der Waals surface area contributed by atoms with E-state index in [0.717, 1.165) is 0 Å². The molecule has 0 unspecified atom stereocenters. The van der Waals surface area contributed by atoms with Gasteiger partial charge in [-0.1, -0.05) is 45.9 Å². The van der Waals surface area contributed by atoms with Crippen molar-refractivity contribution in [3.8, 4) is 34.5 Å². The van der Waals surface area contributed by atoms with Crippen LogP contribution in [0.1, 0.15) is 64.4 Å². The maximum Gasteiger partial charge on any atom is 0.312 e. The quantitative estimate of drug-likeness (QED) is 0.0963. The third kappa shape index (κ3) is 9.28. The van der Waals surface area contributed by atoms with E-state index in [1.165, 1.54) is 60.3 Å². The lowest BCUT2D eigenvalue weighted by Crippen LogP contribution is -2.46. The molecule has 3 aliphatic heterocycles. The number of phenols is 1. The number of aromatic hydroxyl groups is 1. The minimum atomic E-state index is -2.07. The minimum Gasteiger partial charge on any atom is -0.507 e. The number of ketones is 1. The van der Waals surface area contributed by atoms with Crippen LogP contribution in [0.5, 0.6) is 23.0 Å². The number of benzene rings is 3. The van der Waals surface area contributed by atoms with Crippen molar-refractivity contribution in [2.45, 2.75) is 85.6 Å². The number of ether oxygens (including phenoxy) is 6. The number of allylic oxidation sites excluding steroid dienone is 2. The second-order valence-electron chi connectivity index (χ2n) is 17.4. The van der Waals surface area contributed by atoms with Crippen LogP contribution in [0.3, 0.4) is 0 Å². The Balaban J connectivity index is 1.61. The van der Waals surface area contributed by atoms with E-state index in [4.69, 9.17) is 37.8 Å². The lowest BCUT2D eigenvalue weighted by molar-refractivity contribution is -0.160. The summed E-state index contributed by atoms with van der Waals surface area (Å²) in [6.07, 6.45) is 3.50. The fourth-order valence-corrected chi connectivity index (χ4v) is 8.44. The number of aliphatic hydroxyl groups excluding tert-OH is 2. The molecule has 17 nitrogen and oxygen atoms in total. The Labute approximate surface area is 376 Å². The molecule has 4 aliphatic rings. The zero-order chi connectivity index (χ0) is 47.8. The number of nitrogens with zero attached hydrogens (tertiary/aromatic N) is 2. The van der Waals surface area contributed by atoms with Crippen LogP contribution in [0.2, 0.25) is 0 Å². The highest BCUT2D eigenvalue weighted by molar-refractivity contribution is 6.22. The summed E-state index contributed by atoms with van der Waals surface area (Å²) in [6, 6.07) is 3.18. The van der Waals surface area contributed by atoms with Crippen molar-refractivity contribution in [1.29, 1.82) is 0 Å². The highest BCUT2D eigenvalue weighted by atomic mass is 16.7. The molecule has 0 saturated heterocycles. The van der Waals surface area contributed by atoms with E-state index in [9.17, 15) is 34.5 Å². The predicted molar refractivity (Wildman–Crippen MR) is 242 cm³/mol. The van der Waals surface area contributed by atoms with Crippen molar-refractivity contribution in [1.82, 2.24) is 9.88 Å². The lowest BCUT2D eigenvalue weighted by Gasteiger charge is -2.38. The highest BCUT2D eigenvalue weighted by Gasteiger charge is 2.50. The molecule has 0 fully saturated rings. The van der Waals surface area contributed by atoms with E-state index < -0.39 is 82.7 Å². The maximum absolute atomic E-state index is 14.8. The van der Waals surface area contributed by atoms with Gasteiger partial charge in [0.25, 0.3) is 11.7 Å². The first kappa shape index (κ1) is 48.4. The molecule has 2 aromatic carbocycles. The molecule has 65 heavy (non-hydrogen) atoms. The van der Waals surface area contributed by atoms with Crippen molar-refractivity contribution in [3.05, 3.63) is 69.6 Å². The Hall–Kier alpha value is -6.01. The Kier molecular flexibility index (Phi) is 14.3. The van der Waals surface area contributed by atoms with Gasteiger partial charge >= 0.3 is 11.8 Å². The SMILES string of the molecule is COc1cc(OCCN(C)C)cc2oc3c4c(=O)c5c(O)c(C)c6c(c5c-3nc12)C(=O)[C@@](C)(O/C=C/[C@H](OC)[C@@H](C)[C@@H](OC(C)=O)[C@H](C)[C@H](O)[C@H](C)[C@@H](O)[C@@H](C)/C=C/C=C(/C)C(=O)N4)O6. The number of hydrogen-bond acceptors (Lipinski definition) is 16. The van der Waals surface area contributed by atoms with Gasteiger partial charge in [-0.15, -0.1) is 0 Å². The molecule has 0 spiro atoms. The Morgan fingerprint density at radius 2 is 1.69 bits per heavy atom. The lowest BCUT2D eigenvalue weighted by atomic mass is 9.78. The van der Waals surface area contributed by atoms with Crippen molar-refractivity contribution in [2.24, 2.45) is 23.7 Å². The van der Waals surface area contributed by atoms with Gasteiger partial charge in [-0.25, -0.2) is 4.98 Å². The van der Waals surface area contributed by atoms with Crippen molar-refractivity contribution in [3.63, 3.8) is 0 Å². The molecule has 17 heteroatoms. The summed E-state index contributed by atoms with van der Waals surface area (Å²) in [5.74, 6) is -6.89. The van der Waals surface area contributed by atoms with Crippen LogP contribution in [0.15, 0.2) is 57.5 Å². The van der Waals surface area contributed by atoms with Gasteiger partial charge in [0.05, 0.1) is 42.6 Å². The molecule has 3 heterocycles. The average molecular weight is 902 g/mol. The third-order valence-electron chi connectivity index (χ3n) is 12.4. The summed E-state index contributed by atoms with van der Waals surface area (Å²) in [7, 11) is 6.68. The van der Waals surface area contributed by atoms with E-state index in [-0.39, 0.29) is 67.2 Å². The number of aliphatic hydroxyl groups is 2. The van der Waals surface area contributed by atoms with Gasteiger partial charge in [-0.2, -0.15) is 0 Å². The number of likely N-dealkylation sites (N-methyl/N-ethyl adjacent to an activating group) is 1. The van der Waals surface area contributed by atoms with E-state index in [1.807, 2.05) is 19.0 Å². The van der Waals surface area contributed by atoms with Crippen LogP contribution < -0.4 is 25.0 Å². The van der Waals surface area contributed by atoms with E-state index in [2.05, 4.69) is 5.32 Å². The topological polar surface area (TPSA) is 226 Å². The fraction of sp³-hybridized carbons (Fsp3) is 0.479. The predicted octanol–water partition coefficient (Wildman–Crippen LogP) is 5.90. The average Bonchev–Trinajstić information content (AvgIpc) is 3.53. The number of esters is 1. The van der Waals surface area contributed by atoms with Crippen LogP contribution >= 0.6 is 0 Å². The van der Waals surface area contributed by atoms with E-state index in [0.29, 0.717) is 18.9 Å². The van der Waals surface area contributed by atoms with Crippen molar-refractivity contribution in [2.75, 3.05) is 46.8 Å². The molecule has 6 rings (SSSR count). The first-order chi connectivity index (χ1) is 30.6. The van der Waals surface area contributed by atoms with Gasteiger partial charge < -0.3 is 58.4 Å². The molecule has 1 aliphatic carbocycles. The van der Waals surface area contributed by atoms with Crippen LogP contribution in [0.4, 0.5) is 5.69 Å². The third-order valence-corrected chi connectivity index (χ3v) is 12.4. The number of nitrogens with one attached hydrogen (secondary N) is 1. The number of amides is 1. The number of carbonyl (C=O) groups is 3. The molecule has 0 saturated carbocycles. The zero-order valence-electron chi connectivity index (χ0n) is 38.8. The fourth-order valence-electron chi connectivity index (χ4n) is 8.44. The first-order valence-electron chi connectivity index (χ1n) is 21.4. The Morgan fingerprint density at radius 3 is 2.34 bits per heavy atom. The zero-order valence-corrected chi connectivity index (χ0v) is 38.8. The number of methoxy groups -OCH3 is 2.